The number of sulfonamides is 1. The highest BCUT2D eigenvalue weighted by atomic mass is 35.5. The molecule has 0 bridgehead atoms. The van der Waals surface area contributed by atoms with Crippen molar-refractivity contribution in [3.05, 3.63) is 34.8 Å². The molecule has 0 saturated carbocycles. The first-order chi connectivity index (χ1) is 10.8. The standard InChI is InChI=1S/C13H14ClN3O4S2/c1-17(23(19,20)12-6-5-10(14)22-12)8-11(18)16-13-9(21-2)4-3-7-15-13/h3-7H,8H2,1-2H3,(H,15,16,18). The Morgan fingerprint density at radius 3 is 2.78 bits per heavy atom. The fourth-order valence-electron chi connectivity index (χ4n) is 1.70. The van der Waals surface area contributed by atoms with E-state index in [1.54, 1.807) is 12.1 Å². The van der Waals surface area contributed by atoms with Crippen molar-refractivity contribution < 1.29 is 17.9 Å². The van der Waals surface area contributed by atoms with Gasteiger partial charge in [-0.15, -0.1) is 11.3 Å². The third-order valence-electron chi connectivity index (χ3n) is 2.83. The lowest BCUT2D eigenvalue weighted by atomic mass is 10.4. The second-order valence-corrected chi connectivity index (χ2v) is 8.41. The molecule has 1 amide bonds. The second kappa shape index (κ2) is 7.26. The highest BCUT2D eigenvalue weighted by Gasteiger charge is 2.25. The number of aromatic nitrogens is 1. The van der Waals surface area contributed by atoms with E-state index in [2.05, 4.69) is 10.3 Å². The Hall–Kier alpha value is -1.68. The Morgan fingerprint density at radius 1 is 1.43 bits per heavy atom. The van der Waals surface area contributed by atoms with Crippen molar-refractivity contribution in [1.29, 1.82) is 0 Å². The molecule has 0 unspecified atom stereocenters. The van der Waals surface area contributed by atoms with Gasteiger partial charge in [-0.3, -0.25) is 4.79 Å². The van der Waals surface area contributed by atoms with Gasteiger partial charge in [0.05, 0.1) is 18.0 Å². The molecule has 7 nitrogen and oxygen atoms in total. The van der Waals surface area contributed by atoms with E-state index >= 15 is 0 Å². The normalized spacial score (nSPS) is 11.5. The number of pyridine rings is 1. The van der Waals surface area contributed by atoms with E-state index in [0.717, 1.165) is 15.6 Å². The average Bonchev–Trinajstić information content (AvgIpc) is 2.95. The fraction of sp³-hybridized carbons (Fsp3) is 0.231. The number of thiophene rings is 1. The van der Waals surface area contributed by atoms with Gasteiger partial charge in [0.1, 0.15) is 4.21 Å². The van der Waals surface area contributed by atoms with Gasteiger partial charge in [-0.1, -0.05) is 11.6 Å². The van der Waals surface area contributed by atoms with Crippen molar-refractivity contribution in [2.45, 2.75) is 4.21 Å². The molecule has 1 N–H and O–H groups in total. The monoisotopic (exact) mass is 375 g/mol. The summed E-state index contributed by atoms with van der Waals surface area (Å²) in [6, 6.07) is 6.19. The van der Waals surface area contributed by atoms with Crippen LogP contribution in [-0.4, -0.2) is 44.3 Å². The zero-order chi connectivity index (χ0) is 17.0. The summed E-state index contributed by atoms with van der Waals surface area (Å²) < 4.78 is 31.1. The Balaban J connectivity index is 2.08. The Morgan fingerprint density at radius 2 is 2.17 bits per heavy atom. The summed E-state index contributed by atoms with van der Waals surface area (Å²) in [5.74, 6) is 0.0806. The molecule has 10 heteroatoms. The van der Waals surface area contributed by atoms with Crippen molar-refractivity contribution >= 4 is 44.7 Å². The Labute approximate surface area is 142 Å². The maximum atomic E-state index is 12.3. The Kier molecular flexibility index (Phi) is 5.58. The van der Waals surface area contributed by atoms with Gasteiger partial charge in [-0.25, -0.2) is 13.4 Å². The first-order valence-electron chi connectivity index (χ1n) is 6.35. The molecule has 2 rings (SSSR count). The SMILES string of the molecule is COc1cccnc1NC(=O)CN(C)S(=O)(=O)c1ccc(Cl)s1. The van der Waals surface area contributed by atoms with Crippen LogP contribution in [0.2, 0.25) is 4.34 Å². The number of carbonyl (C=O) groups is 1. The number of nitrogens with zero attached hydrogens (tertiary/aromatic N) is 2. The van der Waals surface area contributed by atoms with Crippen molar-refractivity contribution in [1.82, 2.24) is 9.29 Å². The highest BCUT2D eigenvalue weighted by molar-refractivity contribution is 7.91. The molecular formula is C13H14ClN3O4S2. The van der Waals surface area contributed by atoms with Crippen LogP contribution in [0.15, 0.2) is 34.7 Å². The van der Waals surface area contributed by atoms with Gasteiger partial charge in [0, 0.05) is 13.2 Å². The zero-order valence-corrected chi connectivity index (χ0v) is 14.7. The van der Waals surface area contributed by atoms with Crippen LogP contribution in [0, 0.1) is 0 Å². The molecule has 0 aliphatic heterocycles. The second-order valence-electron chi connectivity index (χ2n) is 4.42. The number of amides is 1. The lowest BCUT2D eigenvalue weighted by Crippen LogP contribution is -2.34. The average molecular weight is 376 g/mol. The minimum atomic E-state index is -3.77. The molecule has 0 aromatic carbocycles. The summed E-state index contributed by atoms with van der Waals surface area (Å²) >= 11 is 6.68. The number of hydrogen-bond donors (Lipinski definition) is 1. The van der Waals surface area contributed by atoms with E-state index in [4.69, 9.17) is 16.3 Å². The lowest BCUT2D eigenvalue weighted by molar-refractivity contribution is -0.116. The van der Waals surface area contributed by atoms with Gasteiger partial charge in [0.25, 0.3) is 10.0 Å². The molecular weight excluding hydrogens is 362 g/mol. The molecule has 0 radical (unpaired) electrons. The molecule has 0 aliphatic carbocycles. The van der Waals surface area contributed by atoms with E-state index < -0.39 is 15.9 Å². The van der Waals surface area contributed by atoms with Crippen LogP contribution < -0.4 is 10.1 Å². The predicted octanol–water partition coefficient (Wildman–Crippen LogP) is 2.06. The van der Waals surface area contributed by atoms with Crippen LogP contribution in [0.4, 0.5) is 5.82 Å². The lowest BCUT2D eigenvalue weighted by Gasteiger charge is -2.16. The summed E-state index contributed by atoms with van der Waals surface area (Å²) in [5, 5.41) is 2.52. The quantitative estimate of drug-likeness (QED) is 0.834. The maximum Gasteiger partial charge on any atom is 0.252 e. The van der Waals surface area contributed by atoms with E-state index in [1.165, 1.54) is 32.5 Å². The van der Waals surface area contributed by atoms with E-state index in [1.807, 2.05) is 0 Å². The summed E-state index contributed by atoms with van der Waals surface area (Å²) in [6.45, 7) is -0.364. The smallest absolute Gasteiger partial charge is 0.252 e. The number of halogens is 1. The predicted molar refractivity (Wildman–Crippen MR) is 88.6 cm³/mol. The first kappa shape index (κ1) is 17.7. The van der Waals surface area contributed by atoms with Crippen LogP contribution in [0.1, 0.15) is 0 Å². The van der Waals surface area contributed by atoms with Crippen LogP contribution in [0.5, 0.6) is 5.75 Å². The minimum absolute atomic E-state index is 0.0771. The third kappa shape index (κ3) is 4.20. The van der Waals surface area contributed by atoms with Crippen LogP contribution in [0.25, 0.3) is 0 Å². The van der Waals surface area contributed by atoms with Crippen molar-refractivity contribution in [2.24, 2.45) is 0 Å². The summed E-state index contributed by atoms with van der Waals surface area (Å²) in [6.07, 6.45) is 1.49. The summed E-state index contributed by atoms with van der Waals surface area (Å²) in [4.78, 5) is 16.0. The van der Waals surface area contributed by atoms with Gasteiger partial charge in [-0.2, -0.15) is 4.31 Å². The molecule has 124 valence electrons. The molecule has 0 atom stereocenters. The summed E-state index contributed by atoms with van der Waals surface area (Å²) in [5.41, 5.74) is 0. The molecule has 0 aliphatic rings. The first-order valence-corrected chi connectivity index (χ1v) is 8.98. The highest BCUT2D eigenvalue weighted by Crippen LogP contribution is 2.27. The fourth-order valence-corrected chi connectivity index (χ4v) is 4.52. The van der Waals surface area contributed by atoms with Crippen LogP contribution in [-0.2, 0) is 14.8 Å². The minimum Gasteiger partial charge on any atom is -0.493 e. The van der Waals surface area contributed by atoms with Crippen molar-refractivity contribution in [2.75, 3.05) is 26.0 Å². The maximum absolute atomic E-state index is 12.3. The number of methoxy groups -OCH3 is 1. The molecule has 0 saturated heterocycles. The molecule has 23 heavy (non-hydrogen) atoms. The van der Waals surface area contributed by atoms with Gasteiger partial charge in [0.2, 0.25) is 5.91 Å². The number of rotatable bonds is 6. The van der Waals surface area contributed by atoms with Gasteiger partial charge < -0.3 is 10.1 Å². The van der Waals surface area contributed by atoms with Crippen LogP contribution in [0.3, 0.4) is 0 Å². The number of likely N-dealkylation sites (N-methyl/N-ethyl adjacent to an activating group) is 1. The van der Waals surface area contributed by atoms with Crippen LogP contribution >= 0.6 is 22.9 Å². The number of nitrogens with one attached hydrogen (secondary N) is 1. The zero-order valence-electron chi connectivity index (χ0n) is 12.3. The topological polar surface area (TPSA) is 88.6 Å². The van der Waals surface area contributed by atoms with Crippen molar-refractivity contribution in [3.63, 3.8) is 0 Å². The molecule has 0 spiro atoms. The Bertz CT molecular complexity index is 807. The van der Waals surface area contributed by atoms with E-state index in [0.29, 0.717) is 10.1 Å². The number of anilines is 1. The number of ether oxygens (including phenoxy) is 1. The molecule has 2 aromatic heterocycles. The molecule has 2 aromatic rings. The molecule has 2 heterocycles. The summed E-state index contributed by atoms with van der Waals surface area (Å²) in [7, 11) is -1.00. The van der Waals surface area contributed by atoms with Gasteiger partial charge in [0.15, 0.2) is 11.6 Å². The number of hydrogen-bond acceptors (Lipinski definition) is 6. The molecule has 0 fully saturated rings. The largest absolute Gasteiger partial charge is 0.493 e. The van der Waals surface area contributed by atoms with Gasteiger partial charge in [-0.05, 0) is 24.3 Å². The van der Waals surface area contributed by atoms with E-state index in [-0.39, 0.29) is 16.6 Å². The third-order valence-corrected chi connectivity index (χ3v) is 6.33. The number of carbonyl (C=O) groups excluding carboxylic acids is 1. The van der Waals surface area contributed by atoms with E-state index in [9.17, 15) is 13.2 Å². The van der Waals surface area contributed by atoms with Gasteiger partial charge >= 0.3 is 0 Å². The van der Waals surface area contributed by atoms with Crippen molar-refractivity contribution in [3.8, 4) is 5.75 Å².